The Morgan fingerprint density at radius 3 is 2.00 bits per heavy atom. The van der Waals surface area contributed by atoms with Crippen LogP contribution in [0, 0.1) is 11.6 Å². The van der Waals surface area contributed by atoms with Crippen LogP contribution in [0.25, 0.3) is 0 Å². The molecule has 0 saturated carbocycles. The standard InChI is InChI=1S/C18H28F2O/c1-2-3-4-5-6-7-8-9-10-11-18(21)15-12-13-16(19)17(20)14-15/h12-14,18,21H,2-11H2,1H3. The SMILES string of the molecule is CCCCCCCCCCCC(O)c1ccc(F)c(F)c1. The second-order valence-electron chi connectivity index (χ2n) is 5.81. The smallest absolute Gasteiger partial charge is 0.159 e. The van der Waals surface area contributed by atoms with Crippen LogP contribution in [0.1, 0.15) is 82.8 Å². The summed E-state index contributed by atoms with van der Waals surface area (Å²) in [7, 11) is 0. The number of rotatable bonds is 11. The van der Waals surface area contributed by atoms with E-state index in [0.717, 1.165) is 25.0 Å². The lowest BCUT2D eigenvalue weighted by Crippen LogP contribution is -1.99. The van der Waals surface area contributed by atoms with Gasteiger partial charge in [0, 0.05) is 0 Å². The molecular weight excluding hydrogens is 270 g/mol. The molecule has 1 N–H and O–H groups in total. The second kappa shape index (κ2) is 10.7. The van der Waals surface area contributed by atoms with Crippen molar-refractivity contribution in [1.29, 1.82) is 0 Å². The van der Waals surface area contributed by atoms with E-state index in [0.29, 0.717) is 12.0 Å². The summed E-state index contributed by atoms with van der Waals surface area (Å²) in [6.07, 6.45) is 11.0. The van der Waals surface area contributed by atoms with E-state index >= 15 is 0 Å². The van der Waals surface area contributed by atoms with Gasteiger partial charge in [0.2, 0.25) is 0 Å². The highest BCUT2D eigenvalue weighted by atomic mass is 19.2. The third-order valence-corrected chi connectivity index (χ3v) is 3.91. The van der Waals surface area contributed by atoms with E-state index in [1.165, 1.54) is 51.0 Å². The predicted molar refractivity (Wildman–Crippen MR) is 83.2 cm³/mol. The van der Waals surface area contributed by atoms with Crippen LogP contribution in [0.2, 0.25) is 0 Å². The van der Waals surface area contributed by atoms with Crippen LogP contribution in [-0.2, 0) is 0 Å². The number of hydrogen-bond acceptors (Lipinski definition) is 1. The molecule has 0 aromatic heterocycles. The first-order chi connectivity index (χ1) is 10.1. The van der Waals surface area contributed by atoms with Crippen LogP contribution < -0.4 is 0 Å². The fourth-order valence-electron chi connectivity index (χ4n) is 2.53. The number of halogens is 2. The van der Waals surface area contributed by atoms with Crippen molar-refractivity contribution in [2.24, 2.45) is 0 Å². The van der Waals surface area contributed by atoms with E-state index in [2.05, 4.69) is 6.92 Å². The molecule has 0 amide bonds. The highest BCUT2D eigenvalue weighted by molar-refractivity contribution is 5.19. The zero-order chi connectivity index (χ0) is 15.5. The molecule has 1 aromatic carbocycles. The minimum Gasteiger partial charge on any atom is -0.388 e. The molecule has 0 aliphatic rings. The van der Waals surface area contributed by atoms with Crippen molar-refractivity contribution >= 4 is 0 Å². The van der Waals surface area contributed by atoms with Gasteiger partial charge in [0.25, 0.3) is 0 Å². The number of unbranched alkanes of at least 4 members (excludes halogenated alkanes) is 8. The summed E-state index contributed by atoms with van der Waals surface area (Å²) in [5.41, 5.74) is 0.466. The molecule has 1 aromatic rings. The maximum absolute atomic E-state index is 13.1. The summed E-state index contributed by atoms with van der Waals surface area (Å²) in [4.78, 5) is 0. The largest absolute Gasteiger partial charge is 0.388 e. The molecule has 0 aliphatic carbocycles. The van der Waals surface area contributed by atoms with E-state index in [1.807, 2.05) is 0 Å². The monoisotopic (exact) mass is 298 g/mol. The highest BCUT2D eigenvalue weighted by Gasteiger charge is 2.10. The number of aliphatic hydroxyl groups excluding tert-OH is 1. The second-order valence-corrected chi connectivity index (χ2v) is 5.81. The van der Waals surface area contributed by atoms with Gasteiger partial charge in [0.05, 0.1) is 6.10 Å². The van der Waals surface area contributed by atoms with Crippen LogP contribution in [0.15, 0.2) is 18.2 Å². The van der Waals surface area contributed by atoms with E-state index in [-0.39, 0.29) is 0 Å². The van der Waals surface area contributed by atoms with Gasteiger partial charge in [0.15, 0.2) is 11.6 Å². The third kappa shape index (κ3) is 7.56. The van der Waals surface area contributed by atoms with Gasteiger partial charge < -0.3 is 5.11 Å². The molecular formula is C18H28F2O. The topological polar surface area (TPSA) is 20.2 Å². The summed E-state index contributed by atoms with van der Waals surface area (Å²) < 4.78 is 25.9. The number of aliphatic hydroxyl groups is 1. The molecule has 1 rings (SSSR count). The fraction of sp³-hybridized carbons (Fsp3) is 0.667. The van der Waals surface area contributed by atoms with Gasteiger partial charge in [0.1, 0.15) is 0 Å². The zero-order valence-electron chi connectivity index (χ0n) is 13.1. The van der Waals surface area contributed by atoms with Gasteiger partial charge in [-0.1, -0.05) is 70.8 Å². The molecule has 0 radical (unpaired) electrons. The zero-order valence-corrected chi connectivity index (χ0v) is 13.1. The van der Waals surface area contributed by atoms with E-state index in [9.17, 15) is 13.9 Å². The van der Waals surface area contributed by atoms with Gasteiger partial charge in [-0.2, -0.15) is 0 Å². The lowest BCUT2D eigenvalue weighted by molar-refractivity contribution is 0.162. The third-order valence-electron chi connectivity index (χ3n) is 3.91. The summed E-state index contributed by atoms with van der Waals surface area (Å²) >= 11 is 0. The van der Waals surface area contributed by atoms with Gasteiger partial charge in [-0.15, -0.1) is 0 Å². The summed E-state index contributed by atoms with van der Waals surface area (Å²) in [6, 6.07) is 3.62. The molecule has 21 heavy (non-hydrogen) atoms. The van der Waals surface area contributed by atoms with Crippen LogP contribution in [0.5, 0.6) is 0 Å². The lowest BCUT2D eigenvalue weighted by atomic mass is 10.0. The Morgan fingerprint density at radius 1 is 0.857 bits per heavy atom. The molecule has 0 aliphatic heterocycles. The molecule has 1 nitrogen and oxygen atoms in total. The fourth-order valence-corrected chi connectivity index (χ4v) is 2.53. The molecule has 1 unspecified atom stereocenters. The molecule has 120 valence electrons. The Hall–Kier alpha value is -0.960. The normalized spacial score (nSPS) is 12.6. The average molecular weight is 298 g/mol. The maximum atomic E-state index is 13.1. The Balaban J connectivity index is 2.08. The molecule has 0 fully saturated rings. The number of benzene rings is 1. The first-order valence-corrected chi connectivity index (χ1v) is 8.28. The minimum absolute atomic E-state index is 0.466. The van der Waals surface area contributed by atoms with Crippen molar-refractivity contribution < 1.29 is 13.9 Å². The Kier molecular flexibility index (Phi) is 9.24. The maximum Gasteiger partial charge on any atom is 0.159 e. The first-order valence-electron chi connectivity index (χ1n) is 8.28. The van der Waals surface area contributed by atoms with Crippen molar-refractivity contribution in [1.82, 2.24) is 0 Å². The van der Waals surface area contributed by atoms with Gasteiger partial charge in [-0.3, -0.25) is 0 Å². The quantitative estimate of drug-likeness (QED) is 0.503. The Labute approximate surface area is 127 Å². The van der Waals surface area contributed by atoms with E-state index in [4.69, 9.17) is 0 Å². The van der Waals surface area contributed by atoms with Gasteiger partial charge in [-0.25, -0.2) is 8.78 Å². The molecule has 0 bridgehead atoms. The van der Waals surface area contributed by atoms with Crippen molar-refractivity contribution in [3.05, 3.63) is 35.4 Å². The van der Waals surface area contributed by atoms with Crippen LogP contribution >= 0.6 is 0 Å². The Morgan fingerprint density at radius 2 is 1.43 bits per heavy atom. The Bertz CT molecular complexity index is 393. The minimum atomic E-state index is -0.890. The molecule has 0 heterocycles. The van der Waals surface area contributed by atoms with Gasteiger partial charge >= 0.3 is 0 Å². The van der Waals surface area contributed by atoms with E-state index in [1.54, 1.807) is 0 Å². The molecule has 0 spiro atoms. The predicted octanol–water partition coefficient (Wildman–Crippen LogP) is 5.92. The molecule has 0 saturated heterocycles. The van der Waals surface area contributed by atoms with Crippen LogP contribution in [0.4, 0.5) is 8.78 Å². The van der Waals surface area contributed by atoms with Crippen molar-refractivity contribution in [3.63, 3.8) is 0 Å². The van der Waals surface area contributed by atoms with Crippen molar-refractivity contribution in [2.75, 3.05) is 0 Å². The van der Waals surface area contributed by atoms with E-state index < -0.39 is 17.7 Å². The number of hydrogen-bond donors (Lipinski definition) is 1. The first kappa shape index (κ1) is 18.1. The summed E-state index contributed by atoms with van der Waals surface area (Å²) in [5.74, 6) is -1.76. The van der Waals surface area contributed by atoms with Crippen LogP contribution in [-0.4, -0.2) is 5.11 Å². The molecule has 3 heteroatoms. The summed E-state index contributed by atoms with van der Waals surface area (Å²) in [6.45, 7) is 2.22. The van der Waals surface area contributed by atoms with Crippen molar-refractivity contribution in [2.45, 2.75) is 77.2 Å². The van der Waals surface area contributed by atoms with Crippen LogP contribution in [0.3, 0.4) is 0 Å². The summed E-state index contributed by atoms with van der Waals surface area (Å²) in [5, 5.41) is 9.95. The van der Waals surface area contributed by atoms with Crippen molar-refractivity contribution in [3.8, 4) is 0 Å². The molecule has 1 atom stereocenters. The lowest BCUT2D eigenvalue weighted by Gasteiger charge is -2.11. The van der Waals surface area contributed by atoms with Gasteiger partial charge in [-0.05, 0) is 24.1 Å². The highest BCUT2D eigenvalue weighted by Crippen LogP contribution is 2.22. The average Bonchev–Trinajstić information content (AvgIpc) is 2.48.